The Morgan fingerprint density at radius 1 is 1.23 bits per heavy atom. The monoisotopic (exact) mass is 328 g/mol. The van der Waals surface area contributed by atoms with Crippen molar-refractivity contribution in [2.45, 2.75) is 24.8 Å². The van der Waals surface area contributed by atoms with Crippen molar-refractivity contribution >= 4 is 21.9 Å². The maximum atomic E-state index is 11.9. The van der Waals surface area contributed by atoms with Gasteiger partial charge in [-0.05, 0) is 31.2 Å². The van der Waals surface area contributed by atoms with Crippen LogP contribution in [0.3, 0.4) is 0 Å². The number of nitrogens with one attached hydrogen (secondary N) is 1. The molecule has 0 spiro atoms. The Labute approximate surface area is 130 Å². The molecule has 0 aromatic heterocycles. The molecule has 1 amide bonds. The lowest BCUT2D eigenvalue weighted by molar-refractivity contribution is -0.137. The lowest BCUT2D eigenvalue weighted by Gasteiger charge is -2.17. The predicted molar refractivity (Wildman–Crippen MR) is 80.9 cm³/mol. The highest BCUT2D eigenvalue weighted by atomic mass is 32.2. The van der Waals surface area contributed by atoms with Crippen LogP contribution < -0.4 is 4.72 Å². The van der Waals surface area contributed by atoms with E-state index in [1.807, 2.05) is 0 Å². The number of benzene rings is 1. The molecule has 0 radical (unpaired) electrons. The van der Waals surface area contributed by atoms with Crippen molar-refractivity contribution in [1.82, 2.24) is 9.62 Å². The van der Waals surface area contributed by atoms with Crippen molar-refractivity contribution in [3.8, 4) is 0 Å². The third kappa shape index (κ3) is 4.54. The number of carbonyl (C=O) groups is 2. The average Bonchev–Trinajstić information content (AvgIpc) is 2.46. The van der Waals surface area contributed by atoms with Gasteiger partial charge < -0.3 is 9.64 Å². The zero-order valence-electron chi connectivity index (χ0n) is 13.0. The number of esters is 1. The van der Waals surface area contributed by atoms with Gasteiger partial charge in [0.05, 0.1) is 10.5 Å². The van der Waals surface area contributed by atoms with Crippen molar-refractivity contribution in [3.63, 3.8) is 0 Å². The molecule has 0 aliphatic rings. The van der Waals surface area contributed by atoms with Gasteiger partial charge in [-0.25, -0.2) is 17.9 Å². The van der Waals surface area contributed by atoms with Crippen molar-refractivity contribution < 1.29 is 22.7 Å². The summed E-state index contributed by atoms with van der Waals surface area (Å²) in [4.78, 5) is 24.9. The van der Waals surface area contributed by atoms with Crippen LogP contribution in [0.4, 0.5) is 0 Å². The van der Waals surface area contributed by atoms with Crippen LogP contribution in [0.5, 0.6) is 0 Å². The Morgan fingerprint density at radius 3 is 2.23 bits per heavy atom. The van der Waals surface area contributed by atoms with E-state index in [1.165, 1.54) is 36.1 Å². The minimum atomic E-state index is -3.56. The van der Waals surface area contributed by atoms with Crippen molar-refractivity contribution in [3.05, 3.63) is 29.8 Å². The van der Waals surface area contributed by atoms with Gasteiger partial charge in [-0.2, -0.15) is 0 Å². The first-order valence-electron chi connectivity index (χ1n) is 6.71. The first kappa shape index (κ1) is 18.1. The largest absolute Gasteiger partial charge is 0.449 e. The molecule has 122 valence electrons. The number of rotatable bonds is 6. The molecule has 1 aromatic rings. The molecule has 1 atom stereocenters. The molecule has 0 aliphatic heterocycles. The molecular formula is C14H20N2O5S. The maximum absolute atomic E-state index is 11.9. The van der Waals surface area contributed by atoms with Crippen LogP contribution in [0.25, 0.3) is 0 Å². The Morgan fingerprint density at radius 2 is 1.77 bits per heavy atom. The van der Waals surface area contributed by atoms with Gasteiger partial charge in [0, 0.05) is 20.6 Å². The van der Waals surface area contributed by atoms with Gasteiger partial charge in [0.15, 0.2) is 6.10 Å². The van der Waals surface area contributed by atoms with Gasteiger partial charge in [-0.15, -0.1) is 0 Å². The van der Waals surface area contributed by atoms with Crippen molar-refractivity contribution in [2.24, 2.45) is 0 Å². The highest BCUT2D eigenvalue weighted by Crippen LogP contribution is 2.12. The summed E-state index contributed by atoms with van der Waals surface area (Å²) in [6.07, 6.45) is -0.910. The Hall–Kier alpha value is -1.93. The van der Waals surface area contributed by atoms with Crippen LogP contribution in [-0.4, -0.2) is 51.9 Å². The minimum Gasteiger partial charge on any atom is -0.449 e. The molecular weight excluding hydrogens is 308 g/mol. The zero-order valence-corrected chi connectivity index (χ0v) is 13.8. The van der Waals surface area contributed by atoms with E-state index in [9.17, 15) is 18.0 Å². The highest BCUT2D eigenvalue weighted by Gasteiger charge is 2.21. The first-order valence-corrected chi connectivity index (χ1v) is 8.19. The summed E-state index contributed by atoms with van der Waals surface area (Å²) in [6.45, 7) is 3.42. The Balaban J connectivity index is 2.83. The summed E-state index contributed by atoms with van der Waals surface area (Å²) in [5.74, 6) is -1.02. The topological polar surface area (TPSA) is 92.8 Å². The maximum Gasteiger partial charge on any atom is 0.338 e. The van der Waals surface area contributed by atoms with Gasteiger partial charge in [-0.1, -0.05) is 6.92 Å². The molecule has 0 saturated carbocycles. The van der Waals surface area contributed by atoms with Gasteiger partial charge in [0.1, 0.15) is 0 Å². The number of hydrogen-bond donors (Lipinski definition) is 1. The summed E-state index contributed by atoms with van der Waals surface area (Å²) in [6, 6.07) is 5.32. The smallest absolute Gasteiger partial charge is 0.338 e. The van der Waals surface area contributed by atoms with E-state index in [4.69, 9.17) is 4.74 Å². The van der Waals surface area contributed by atoms with Crippen molar-refractivity contribution in [2.75, 3.05) is 20.6 Å². The molecule has 7 nitrogen and oxygen atoms in total. The van der Waals surface area contributed by atoms with Crippen LogP contribution in [0.2, 0.25) is 0 Å². The highest BCUT2D eigenvalue weighted by molar-refractivity contribution is 7.89. The number of ether oxygens (including phenoxy) is 1. The summed E-state index contributed by atoms with van der Waals surface area (Å²) >= 11 is 0. The first-order chi connectivity index (χ1) is 10.2. The molecule has 0 unspecified atom stereocenters. The van der Waals surface area contributed by atoms with Crippen LogP contribution >= 0.6 is 0 Å². The predicted octanol–water partition coefficient (Wildman–Crippen LogP) is 0.618. The summed E-state index contributed by atoms with van der Waals surface area (Å²) in [7, 11) is -0.438. The molecule has 1 rings (SSSR count). The van der Waals surface area contributed by atoms with E-state index >= 15 is 0 Å². The Bertz CT molecular complexity index is 638. The Kier molecular flexibility index (Phi) is 6.07. The number of likely N-dealkylation sites (N-methyl/N-ethyl adjacent to an activating group) is 1. The van der Waals surface area contributed by atoms with Crippen LogP contribution in [-0.2, 0) is 19.6 Å². The minimum absolute atomic E-state index is 0.0586. The molecule has 0 heterocycles. The number of amides is 1. The molecule has 8 heteroatoms. The molecule has 22 heavy (non-hydrogen) atoms. The van der Waals surface area contributed by atoms with Crippen LogP contribution in [0, 0.1) is 0 Å². The van der Waals surface area contributed by atoms with E-state index < -0.39 is 22.1 Å². The van der Waals surface area contributed by atoms with Gasteiger partial charge >= 0.3 is 5.97 Å². The molecule has 0 aliphatic carbocycles. The average molecular weight is 328 g/mol. The number of sulfonamides is 1. The summed E-state index contributed by atoms with van der Waals surface area (Å²) < 4.78 is 30.9. The fourth-order valence-electron chi connectivity index (χ4n) is 1.69. The fourth-order valence-corrected chi connectivity index (χ4v) is 2.73. The molecule has 1 N–H and O–H groups in total. The number of carbonyl (C=O) groups excluding carboxylic acids is 2. The second-order valence-corrected chi connectivity index (χ2v) is 6.57. The lowest BCUT2D eigenvalue weighted by Crippen LogP contribution is -2.34. The van der Waals surface area contributed by atoms with E-state index in [2.05, 4.69) is 4.72 Å². The number of nitrogens with zero attached hydrogens (tertiary/aromatic N) is 1. The molecule has 1 aromatic carbocycles. The summed E-state index contributed by atoms with van der Waals surface area (Å²) in [5.41, 5.74) is 0.175. The third-order valence-corrected chi connectivity index (χ3v) is 4.37. The van der Waals surface area contributed by atoms with Crippen LogP contribution in [0.15, 0.2) is 29.2 Å². The van der Waals surface area contributed by atoms with E-state index in [0.717, 1.165) is 0 Å². The normalized spacial score (nSPS) is 12.5. The fraction of sp³-hybridized carbons (Fsp3) is 0.429. The SMILES string of the molecule is CCNS(=O)(=O)c1ccc(C(=O)O[C@@H](C)C(=O)N(C)C)cc1. The third-order valence-electron chi connectivity index (χ3n) is 2.81. The summed E-state index contributed by atoms with van der Waals surface area (Å²) in [5, 5.41) is 0. The van der Waals surface area contributed by atoms with Crippen molar-refractivity contribution in [1.29, 1.82) is 0 Å². The van der Waals surface area contributed by atoms with Gasteiger partial charge in [0.25, 0.3) is 5.91 Å². The molecule has 0 saturated heterocycles. The second kappa shape index (κ2) is 7.37. The van der Waals surface area contributed by atoms with Crippen LogP contribution in [0.1, 0.15) is 24.2 Å². The van der Waals surface area contributed by atoms with E-state index in [1.54, 1.807) is 21.0 Å². The zero-order chi connectivity index (χ0) is 16.9. The standard InChI is InChI=1S/C14H20N2O5S/c1-5-15-22(19,20)12-8-6-11(7-9-12)14(18)21-10(2)13(17)16(3)4/h6-10,15H,5H2,1-4H3/t10-/m0/s1. The molecule has 0 bridgehead atoms. The molecule has 0 fully saturated rings. The van der Waals surface area contributed by atoms with Gasteiger partial charge in [-0.3, -0.25) is 4.79 Å². The van der Waals surface area contributed by atoms with E-state index in [-0.39, 0.29) is 22.9 Å². The lowest BCUT2D eigenvalue weighted by atomic mass is 10.2. The quantitative estimate of drug-likeness (QED) is 0.773. The van der Waals surface area contributed by atoms with Gasteiger partial charge in [0.2, 0.25) is 10.0 Å². The van der Waals surface area contributed by atoms with E-state index in [0.29, 0.717) is 0 Å². The number of hydrogen-bond acceptors (Lipinski definition) is 5. The second-order valence-electron chi connectivity index (χ2n) is 4.81.